The Hall–Kier alpha value is -1.53. The van der Waals surface area contributed by atoms with Crippen molar-refractivity contribution in [1.29, 1.82) is 0 Å². The van der Waals surface area contributed by atoms with E-state index in [0.717, 1.165) is 12.1 Å². The van der Waals surface area contributed by atoms with Gasteiger partial charge in [0.25, 0.3) is 0 Å². The topological polar surface area (TPSA) is 26.3 Å². The Kier molecular flexibility index (Phi) is 3.56. The average molecular weight is 235 g/mol. The van der Waals surface area contributed by atoms with E-state index in [0.29, 0.717) is 6.07 Å². The highest BCUT2D eigenvalue weighted by atomic mass is 19.4. The predicted octanol–water partition coefficient (Wildman–Crippen LogP) is 2.06. The molecule has 0 atom stereocenters. The van der Waals surface area contributed by atoms with E-state index in [1.54, 1.807) is 0 Å². The number of carbonyl (C=O) groups excluding carboxylic acids is 1. The molecule has 88 valence electrons. The smallest absolute Gasteiger partial charge is 0.462 e. The molecule has 0 radical (unpaired) electrons. The number of hydrogen-bond acceptors (Lipinski definition) is 2. The van der Waals surface area contributed by atoms with Gasteiger partial charge in [-0.2, -0.15) is 0 Å². The zero-order valence-electron chi connectivity index (χ0n) is 8.34. The van der Waals surface area contributed by atoms with Crippen LogP contribution < -0.4 is 5.46 Å². The maximum absolute atomic E-state index is 13.3. The monoisotopic (exact) mass is 235 g/mol. The van der Waals surface area contributed by atoms with Crippen molar-refractivity contribution in [3.8, 4) is 0 Å². The molecule has 16 heavy (non-hydrogen) atoms. The van der Waals surface area contributed by atoms with Crippen molar-refractivity contribution >= 4 is 18.4 Å². The van der Waals surface area contributed by atoms with Gasteiger partial charge in [-0.3, -0.25) is 0 Å². The van der Waals surface area contributed by atoms with Crippen molar-refractivity contribution < 1.29 is 26.9 Å². The lowest BCUT2D eigenvalue weighted by Crippen LogP contribution is -2.37. The maximum Gasteiger partial charge on any atom is 0.512 e. The quantitative estimate of drug-likeness (QED) is 0.455. The number of benzene rings is 1. The maximum atomic E-state index is 13.3. The van der Waals surface area contributed by atoms with Gasteiger partial charge in [0.1, 0.15) is 5.82 Å². The molecule has 0 bridgehead atoms. The van der Waals surface area contributed by atoms with Crippen molar-refractivity contribution in [2.24, 2.45) is 0 Å². The second-order valence-electron chi connectivity index (χ2n) is 3.00. The summed E-state index contributed by atoms with van der Waals surface area (Å²) in [5, 5.41) is 0. The third-order valence-corrected chi connectivity index (χ3v) is 1.88. The Morgan fingerprint density at radius 3 is 2.50 bits per heavy atom. The van der Waals surface area contributed by atoms with E-state index in [-0.39, 0.29) is 6.61 Å². The first-order valence-corrected chi connectivity index (χ1v) is 4.53. The van der Waals surface area contributed by atoms with Crippen LogP contribution in [0.2, 0.25) is 0 Å². The van der Waals surface area contributed by atoms with Crippen molar-refractivity contribution in [3.05, 3.63) is 29.6 Å². The van der Waals surface area contributed by atoms with E-state index < -0.39 is 29.8 Å². The molecule has 0 heterocycles. The largest absolute Gasteiger partial charge is 0.512 e. The Bertz CT molecular complexity index is 403. The number of hydrogen-bond donors (Lipinski definition) is 0. The number of carbonyl (C=O) groups is 1. The molecule has 0 saturated heterocycles. The lowest BCUT2D eigenvalue weighted by atomic mass is 9.79. The molecule has 1 rings (SSSR count). The van der Waals surface area contributed by atoms with Gasteiger partial charge in [-0.15, -0.1) is 0 Å². The summed E-state index contributed by atoms with van der Waals surface area (Å²) in [6.07, 6.45) is 0. The summed E-state index contributed by atoms with van der Waals surface area (Å²) >= 11 is 0. The Labute approximate surface area is 89.3 Å². The second kappa shape index (κ2) is 4.55. The number of esters is 1. The van der Waals surface area contributed by atoms with Gasteiger partial charge in [-0.05, 0) is 13.0 Å². The van der Waals surface area contributed by atoms with Crippen LogP contribution >= 0.6 is 0 Å². The van der Waals surface area contributed by atoms with Gasteiger partial charge in [0.15, 0.2) is 0 Å². The van der Waals surface area contributed by atoms with Gasteiger partial charge in [-0.25, -0.2) is 9.18 Å². The van der Waals surface area contributed by atoms with Crippen LogP contribution in [0.25, 0.3) is 0 Å². The second-order valence-corrected chi connectivity index (χ2v) is 3.00. The number of ether oxygens (including phenoxy) is 1. The molecule has 1 aromatic rings. The Morgan fingerprint density at radius 1 is 1.38 bits per heavy atom. The SMILES string of the molecule is CCOC(=O)c1cccc([B-](F)(F)F)c1F. The van der Waals surface area contributed by atoms with E-state index >= 15 is 0 Å². The number of halogens is 4. The van der Waals surface area contributed by atoms with Crippen molar-refractivity contribution in [1.82, 2.24) is 0 Å². The van der Waals surface area contributed by atoms with Crippen LogP contribution in [-0.4, -0.2) is 19.6 Å². The molecule has 0 unspecified atom stereocenters. The first-order valence-electron chi connectivity index (χ1n) is 4.53. The minimum Gasteiger partial charge on any atom is -0.462 e. The molecule has 0 aromatic heterocycles. The predicted molar refractivity (Wildman–Crippen MR) is 51.1 cm³/mol. The molecule has 0 amide bonds. The van der Waals surface area contributed by atoms with Crippen molar-refractivity contribution in [3.63, 3.8) is 0 Å². The highest BCUT2D eigenvalue weighted by Gasteiger charge is 2.31. The van der Waals surface area contributed by atoms with Crippen LogP contribution in [0.5, 0.6) is 0 Å². The lowest BCUT2D eigenvalue weighted by molar-refractivity contribution is 0.0521. The molecule has 0 saturated carbocycles. The third-order valence-electron chi connectivity index (χ3n) is 1.88. The normalized spacial score (nSPS) is 11.3. The van der Waals surface area contributed by atoms with Crippen LogP contribution in [0.15, 0.2) is 18.2 Å². The van der Waals surface area contributed by atoms with Crippen molar-refractivity contribution in [2.75, 3.05) is 6.61 Å². The van der Waals surface area contributed by atoms with Gasteiger partial charge in [0.2, 0.25) is 0 Å². The van der Waals surface area contributed by atoms with E-state index in [1.807, 2.05) is 0 Å². The highest BCUT2D eigenvalue weighted by molar-refractivity contribution is 6.73. The third kappa shape index (κ3) is 2.53. The zero-order chi connectivity index (χ0) is 12.3. The number of rotatable bonds is 3. The molecular formula is C9H8BF4O2-. The summed E-state index contributed by atoms with van der Waals surface area (Å²) in [6.45, 7) is -4.02. The van der Waals surface area contributed by atoms with Gasteiger partial charge in [0, 0.05) is 0 Å². The first-order chi connectivity index (χ1) is 7.38. The van der Waals surface area contributed by atoms with E-state index in [4.69, 9.17) is 0 Å². The summed E-state index contributed by atoms with van der Waals surface area (Å²) in [5.74, 6) is -2.67. The molecule has 0 fully saturated rings. The van der Waals surface area contributed by atoms with Crippen LogP contribution in [0.1, 0.15) is 17.3 Å². The molecule has 0 spiro atoms. The summed E-state index contributed by atoms with van der Waals surface area (Å²) in [7, 11) is 0. The van der Waals surface area contributed by atoms with Gasteiger partial charge < -0.3 is 17.7 Å². The molecule has 2 nitrogen and oxygen atoms in total. The molecule has 0 aliphatic rings. The fraction of sp³-hybridized carbons (Fsp3) is 0.222. The average Bonchev–Trinajstić information content (AvgIpc) is 2.16. The summed E-state index contributed by atoms with van der Waals surface area (Å²) < 4.78 is 54.8. The molecule has 1 aromatic carbocycles. The van der Waals surface area contributed by atoms with E-state index in [1.165, 1.54) is 6.92 Å². The standard InChI is InChI=1S/C9H8BF4O2/c1-2-16-9(15)6-4-3-5-7(8(6)11)10(12,13)14/h3-5H,2H2,1H3/q-1. The van der Waals surface area contributed by atoms with Crippen molar-refractivity contribution in [2.45, 2.75) is 6.92 Å². The fourth-order valence-corrected chi connectivity index (χ4v) is 1.17. The van der Waals surface area contributed by atoms with E-state index in [2.05, 4.69) is 4.74 Å². The lowest BCUT2D eigenvalue weighted by Gasteiger charge is -2.16. The van der Waals surface area contributed by atoms with Crippen LogP contribution in [0, 0.1) is 5.82 Å². The van der Waals surface area contributed by atoms with Crippen LogP contribution in [0.4, 0.5) is 17.3 Å². The molecular weight excluding hydrogens is 227 g/mol. The fourth-order valence-electron chi connectivity index (χ4n) is 1.17. The molecule has 0 N–H and O–H groups in total. The zero-order valence-corrected chi connectivity index (χ0v) is 8.34. The molecule has 0 aliphatic carbocycles. The summed E-state index contributed by atoms with van der Waals surface area (Å²) in [6, 6.07) is 2.52. The summed E-state index contributed by atoms with van der Waals surface area (Å²) in [4.78, 5) is 11.1. The first kappa shape index (κ1) is 12.5. The highest BCUT2D eigenvalue weighted by Crippen LogP contribution is 2.15. The molecule has 0 aliphatic heterocycles. The minimum absolute atomic E-state index is 0.0281. The Morgan fingerprint density at radius 2 is 2.00 bits per heavy atom. The summed E-state index contributed by atoms with van der Waals surface area (Å²) in [5.41, 5.74) is -2.11. The van der Waals surface area contributed by atoms with Crippen LogP contribution in [0.3, 0.4) is 0 Å². The van der Waals surface area contributed by atoms with Gasteiger partial charge in [-0.1, -0.05) is 17.6 Å². The van der Waals surface area contributed by atoms with Gasteiger partial charge >= 0.3 is 12.9 Å². The Balaban J connectivity index is 3.19. The minimum atomic E-state index is -5.47. The van der Waals surface area contributed by atoms with E-state index in [9.17, 15) is 22.1 Å². The van der Waals surface area contributed by atoms with Crippen LogP contribution in [-0.2, 0) is 4.74 Å². The van der Waals surface area contributed by atoms with Gasteiger partial charge in [0.05, 0.1) is 12.2 Å². The molecule has 7 heteroatoms.